The van der Waals surface area contributed by atoms with E-state index in [0.29, 0.717) is 6.54 Å². The van der Waals surface area contributed by atoms with Gasteiger partial charge in [0.05, 0.1) is 6.61 Å². The molecule has 118 valence electrons. The molecule has 1 saturated heterocycles. The van der Waals surface area contributed by atoms with Gasteiger partial charge in [-0.15, -0.1) is 0 Å². The van der Waals surface area contributed by atoms with E-state index in [1.807, 2.05) is 12.3 Å². The first kappa shape index (κ1) is 15.2. The number of aliphatic hydroxyl groups is 1. The Morgan fingerprint density at radius 2 is 1.95 bits per heavy atom. The van der Waals surface area contributed by atoms with Crippen LogP contribution in [0.3, 0.4) is 0 Å². The summed E-state index contributed by atoms with van der Waals surface area (Å²) >= 11 is 0. The zero-order valence-electron chi connectivity index (χ0n) is 13.1. The molecule has 2 heterocycles. The molecule has 0 aliphatic carbocycles. The molecule has 0 atom stereocenters. The SMILES string of the molecule is Cc1ccc2[nH]cc(C(=O)C[NH+]3CC[NH+](CCO)CC3)c2c1. The average molecular weight is 303 g/mol. The van der Waals surface area contributed by atoms with Crippen LogP contribution in [0.5, 0.6) is 0 Å². The Morgan fingerprint density at radius 3 is 2.68 bits per heavy atom. The van der Waals surface area contributed by atoms with Crippen molar-refractivity contribution in [1.29, 1.82) is 0 Å². The van der Waals surface area contributed by atoms with Gasteiger partial charge < -0.3 is 19.9 Å². The number of Topliss-reactive ketones (excluding diaryl/α,β-unsaturated/α-hetero) is 1. The van der Waals surface area contributed by atoms with E-state index >= 15 is 0 Å². The lowest BCUT2D eigenvalue weighted by atomic mass is 10.1. The van der Waals surface area contributed by atoms with Crippen molar-refractivity contribution in [3.05, 3.63) is 35.5 Å². The Morgan fingerprint density at radius 1 is 1.23 bits per heavy atom. The van der Waals surface area contributed by atoms with Crippen LogP contribution in [0.1, 0.15) is 15.9 Å². The summed E-state index contributed by atoms with van der Waals surface area (Å²) in [4.78, 5) is 18.6. The van der Waals surface area contributed by atoms with E-state index in [0.717, 1.165) is 49.2 Å². The molecule has 0 amide bonds. The number of rotatable bonds is 5. The van der Waals surface area contributed by atoms with Crippen molar-refractivity contribution < 1.29 is 19.7 Å². The number of H-pyrrole nitrogens is 1. The molecular weight excluding hydrogens is 278 g/mol. The van der Waals surface area contributed by atoms with E-state index in [1.54, 1.807) is 0 Å². The molecule has 0 bridgehead atoms. The number of carbonyl (C=O) groups excluding carboxylic acids is 1. The van der Waals surface area contributed by atoms with Gasteiger partial charge in [-0.05, 0) is 19.1 Å². The monoisotopic (exact) mass is 303 g/mol. The minimum atomic E-state index is 0.220. The quantitative estimate of drug-likeness (QED) is 0.505. The summed E-state index contributed by atoms with van der Waals surface area (Å²) in [7, 11) is 0. The molecule has 1 aliphatic rings. The van der Waals surface area contributed by atoms with Gasteiger partial charge in [0, 0.05) is 22.7 Å². The highest BCUT2D eigenvalue weighted by Gasteiger charge is 2.25. The normalized spacial score (nSPS) is 22.1. The summed E-state index contributed by atoms with van der Waals surface area (Å²) in [6.07, 6.45) is 1.85. The molecule has 0 radical (unpaired) electrons. The number of fused-ring (bicyclic) bond motifs is 1. The van der Waals surface area contributed by atoms with Crippen LogP contribution in [0.2, 0.25) is 0 Å². The lowest BCUT2D eigenvalue weighted by molar-refractivity contribution is -1.01. The predicted octanol–water partition coefficient (Wildman–Crippen LogP) is -1.57. The van der Waals surface area contributed by atoms with Crippen LogP contribution in [0.15, 0.2) is 24.4 Å². The molecule has 22 heavy (non-hydrogen) atoms. The highest BCUT2D eigenvalue weighted by Crippen LogP contribution is 2.19. The topological polar surface area (TPSA) is 62.0 Å². The number of aryl methyl sites for hydroxylation is 1. The van der Waals surface area contributed by atoms with Gasteiger partial charge >= 0.3 is 0 Å². The number of aromatic amines is 1. The zero-order valence-corrected chi connectivity index (χ0v) is 13.1. The Hall–Kier alpha value is -1.69. The van der Waals surface area contributed by atoms with Crippen LogP contribution < -0.4 is 9.80 Å². The summed E-state index contributed by atoms with van der Waals surface area (Å²) < 4.78 is 0. The summed E-state index contributed by atoms with van der Waals surface area (Å²) in [6, 6.07) is 6.17. The van der Waals surface area contributed by atoms with Gasteiger partial charge in [-0.25, -0.2) is 0 Å². The lowest BCUT2D eigenvalue weighted by Crippen LogP contribution is -3.28. The maximum atomic E-state index is 12.6. The van der Waals surface area contributed by atoms with Gasteiger partial charge in [-0.3, -0.25) is 4.79 Å². The number of aromatic nitrogens is 1. The molecular formula is C17H25N3O2+2. The van der Waals surface area contributed by atoms with E-state index in [4.69, 9.17) is 5.11 Å². The van der Waals surface area contributed by atoms with Crippen molar-refractivity contribution >= 4 is 16.7 Å². The first-order chi connectivity index (χ1) is 10.7. The number of ketones is 1. The third-order valence-electron chi connectivity index (χ3n) is 4.68. The molecule has 0 spiro atoms. The summed E-state index contributed by atoms with van der Waals surface area (Å²) in [5.41, 5.74) is 3.02. The second kappa shape index (κ2) is 6.60. The van der Waals surface area contributed by atoms with Crippen molar-refractivity contribution in [2.45, 2.75) is 6.92 Å². The molecule has 1 fully saturated rings. The molecule has 1 aliphatic heterocycles. The molecule has 0 unspecified atom stereocenters. The maximum Gasteiger partial charge on any atom is 0.219 e. The Balaban J connectivity index is 1.65. The van der Waals surface area contributed by atoms with E-state index in [9.17, 15) is 4.79 Å². The third-order valence-corrected chi connectivity index (χ3v) is 4.68. The molecule has 5 heteroatoms. The fourth-order valence-electron chi connectivity index (χ4n) is 3.33. The van der Waals surface area contributed by atoms with Crippen LogP contribution in [0.25, 0.3) is 10.9 Å². The first-order valence-electron chi connectivity index (χ1n) is 8.06. The maximum absolute atomic E-state index is 12.6. The number of hydrogen-bond donors (Lipinski definition) is 4. The Labute approximate surface area is 130 Å². The number of carbonyl (C=O) groups is 1. The van der Waals surface area contributed by atoms with Gasteiger partial charge in [-0.1, -0.05) is 11.6 Å². The van der Waals surface area contributed by atoms with Gasteiger partial charge in [-0.2, -0.15) is 0 Å². The third kappa shape index (κ3) is 3.21. The minimum Gasteiger partial charge on any atom is -0.391 e. The minimum absolute atomic E-state index is 0.220. The predicted molar refractivity (Wildman–Crippen MR) is 85.6 cm³/mol. The molecule has 3 rings (SSSR count). The molecule has 1 aromatic heterocycles. The summed E-state index contributed by atoms with van der Waals surface area (Å²) in [5, 5.41) is 10.0. The largest absolute Gasteiger partial charge is 0.391 e. The van der Waals surface area contributed by atoms with E-state index in [1.165, 1.54) is 15.4 Å². The average Bonchev–Trinajstić information content (AvgIpc) is 2.92. The second-order valence-electron chi connectivity index (χ2n) is 6.32. The van der Waals surface area contributed by atoms with Crippen molar-refractivity contribution in [2.75, 3.05) is 45.9 Å². The van der Waals surface area contributed by atoms with Crippen molar-refractivity contribution in [2.24, 2.45) is 0 Å². The number of quaternary nitrogens is 2. The highest BCUT2D eigenvalue weighted by molar-refractivity contribution is 6.08. The molecule has 5 nitrogen and oxygen atoms in total. The van der Waals surface area contributed by atoms with Gasteiger partial charge in [0.2, 0.25) is 5.78 Å². The fraction of sp³-hybridized carbons (Fsp3) is 0.471. The standard InChI is InChI=1S/C17H23N3O2/c1-13-2-3-16-14(10-13)15(11-18-16)17(22)12-20-6-4-19(5-7-20)8-9-21/h2-3,10-11,18,21H,4-9,12H2,1H3/p+2. The second-order valence-corrected chi connectivity index (χ2v) is 6.32. The number of hydrogen-bond acceptors (Lipinski definition) is 2. The Bertz CT molecular complexity index is 657. The number of benzene rings is 1. The summed E-state index contributed by atoms with van der Waals surface area (Å²) in [6.45, 7) is 7.76. The molecule has 1 aromatic carbocycles. The number of aliphatic hydroxyl groups excluding tert-OH is 1. The van der Waals surface area contributed by atoms with Gasteiger partial charge in [0.15, 0.2) is 0 Å². The van der Waals surface area contributed by atoms with Crippen LogP contribution in [0.4, 0.5) is 0 Å². The first-order valence-corrected chi connectivity index (χ1v) is 8.06. The van der Waals surface area contributed by atoms with Gasteiger partial charge in [0.1, 0.15) is 39.3 Å². The summed E-state index contributed by atoms with van der Waals surface area (Å²) in [5.74, 6) is 0.220. The molecule has 0 saturated carbocycles. The van der Waals surface area contributed by atoms with Crippen LogP contribution in [-0.4, -0.2) is 61.7 Å². The number of nitrogens with one attached hydrogen (secondary N) is 3. The Kier molecular flexibility index (Phi) is 4.57. The lowest BCUT2D eigenvalue weighted by Gasteiger charge is -2.28. The van der Waals surface area contributed by atoms with E-state index < -0.39 is 0 Å². The van der Waals surface area contributed by atoms with Crippen LogP contribution in [-0.2, 0) is 0 Å². The highest BCUT2D eigenvalue weighted by atomic mass is 16.3. The molecule has 4 N–H and O–H groups in total. The molecule has 2 aromatic rings. The smallest absolute Gasteiger partial charge is 0.219 e. The van der Waals surface area contributed by atoms with Gasteiger partial charge in [0.25, 0.3) is 0 Å². The van der Waals surface area contributed by atoms with Crippen molar-refractivity contribution in [3.8, 4) is 0 Å². The van der Waals surface area contributed by atoms with E-state index in [-0.39, 0.29) is 12.4 Å². The zero-order chi connectivity index (χ0) is 15.5. The fourth-order valence-corrected chi connectivity index (χ4v) is 3.33. The van der Waals surface area contributed by atoms with Crippen LogP contribution in [0, 0.1) is 6.92 Å². The van der Waals surface area contributed by atoms with E-state index in [2.05, 4.69) is 24.0 Å². The van der Waals surface area contributed by atoms with Crippen LogP contribution >= 0.6 is 0 Å². The number of piperazine rings is 1. The van der Waals surface area contributed by atoms with Crippen molar-refractivity contribution in [3.63, 3.8) is 0 Å². The van der Waals surface area contributed by atoms with Crippen molar-refractivity contribution in [1.82, 2.24) is 4.98 Å².